The molecule has 0 spiro atoms. The van der Waals surface area contributed by atoms with Crippen molar-refractivity contribution in [1.29, 1.82) is 0 Å². The van der Waals surface area contributed by atoms with Gasteiger partial charge < -0.3 is 19.9 Å². The quantitative estimate of drug-likeness (QED) is 0.386. The number of carbonyl (C=O) groups excluding carboxylic acids is 1. The number of ether oxygens (including phenoxy) is 2. The third-order valence-electron chi connectivity index (χ3n) is 6.34. The number of unbranched alkanes of at least 4 members (excludes halogenated alkanes) is 3. The Morgan fingerprint density at radius 2 is 1.64 bits per heavy atom. The Morgan fingerprint density at radius 1 is 1.00 bits per heavy atom. The maximum Gasteiger partial charge on any atom is 0.407 e. The van der Waals surface area contributed by atoms with E-state index in [9.17, 15) is 14.7 Å². The van der Waals surface area contributed by atoms with Crippen molar-refractivity contribution in [3.8, 4) is 11.1 Å². The predicted octanol–water partition coefficient (Wildman–Crippen LogP) is 5.60. The third kappa shape index (κ3) is 6.57. The molecular formula is C27H35NO5. The number of rotatable bonds is 13. The Hall–Kier alpha value is -2.86. The lowest BCUT2D eigenvalue weighted by Crippen LogP contribution is -2.33. The van der Waals surface area contributed by atoms with Gasteiger partial charge in [0.2, 0.25) is 0 Å². The number of hydrogen-bond donors (Lipinski definition) is 2. The van der Waals surface area contributed by atoms with E-state index >= 15 is 0 Å². The highest BCUT2D eigenvalue weighted by Crippen LogP contribution is 2.44. The van der Waals surface area contributed by atoms with Crippen LogP contribution in [0, 0.1) is 5.92 Å². The van der Waals surface area contributed by atoms with E-state index in [-0.39, 0.29) is 31.8 Å². The number of fused-ring (bicyclic) bond motifs is 3. The molecule has 6 nitrogen and oxygen atoms in total. The number of carboxylic acid groups (broad SMARTS) is 1. The van der Waals surface area contributed by atoms with Crippen molar-refractivity contribution >= 4 is 12.1 Å². The van der Waals surface area contributed by atoms with Gasteiger partial charge in [-0.3, -0.25) is 4.79 Å². The summed E-state index contributed by atoms with van der Waals surface area (Å²) in [5.41, 5.74) is 4.72. The van der Waals surface area contributed by atoms with Crippen LogP contribution in [0.25, 0.3) is 11.1 Å². The molecule has 2 unspecified atom stereocenters. The number of hydrogen-bond acceptors (Lipinski definition) is 4. The van der Waals surface area contributed by atoms with Gasteiger partial charge in [0.25, 0.3) is 0 Å². The highest BCUT2D eigenvalue weighted by Gasteiger charge is 2.29. The minimum atomic E-state index is -0.861. The molecule has 3 rings (SSSR count). The average molecular weight is 454 g/mol. The van der Waals surface area contributed by atoms with Crippen molar-refractivity contribution in [2.24, 2.45) is 5.92 Å². The molecule has 0 fully saturated rings. The molecule has 0 radical (unpaired) electrons. The minimum absolute atomic E-state index is 0.0170. The molecular weight excluding hydrogens is 418 g/mol. The van der Waals surface area contributed by atoms with Gasteiger partial charge in [0, 0.05) is 12.5 Å². The van der Waals surface area contributed by atoms with Gasteiger partial charge in [-0.05, 0) is 35.6 Å². The minimum Gasteiger partial charge on any atom is -0.481 e. The van der Waals surface area contributed by atoms with Crippen molar-refractivity contribution in [2.75, 3.05) is 19.8 Å². The summed E-state index contributed by atoms with van der Waals surface area (Å²) in [5.74, 6) is -1.43. The molecule has 6 heteroatoms. The van der Waals surface area contributed by atoms with Crippen LogP contribution in [-0.2, 0) is 14.3 Å². The SMILES string of the molecule is CCCCCCC(OCCNC(=O)OCC1c2ccccc2-c2ccccc21)C(C)C(=O)O. The fraction of sp³-hybridized carbons (Fsp3) is 0.481. The molecule has 0 saturated heterocycles. The van der Waals surface area contributed by atoms with E-state index in [1.54, 1.807) is 6.92 Å². The number of benzene rings is 2. The van der Waals surface area contributed by atoms with Crippen LogP contribution in [0.3, 0.4) is 0 Å². The monoisotopic (exact) mass is 453 g/mol. The number of carboxylic acids is 1. The van der Waals surface area contributed by atoms with Gasteiger partial charge in [0.05, 0.1) is 18.6 Å². The molecule has 0 bridgehead atoms. The fourth-order valence-electron chi connectivity index (χ4n) is 4.42. The number of alkyl carbamates (subject to hydrolysis) is 1. The maximum absolute atomic E-state index is 12.3. The summed E-state index contributed by atoms with van der Waals surface area (Å²) < 4.78 is 11.3. The van der Waals surface area contributed by atoms with Crippen molar-refractivity contribution < 1.29 is 24.2 Å². The van der Waals surface area contributed by atoms with Crippen LogP contribution in [0.1, 0.15) is 63.0 Å². The number of nitrogens with one attached hydrogen (secondary N) is 1. The summed E-state index contributed by atoms with van der Waals surface area (Å²) in [5, 5.41) is 12.1. The smallest absolute Gasteiger partial charge is 0.407 e. The lowest BCUT2D eigenvalue weighted by molar-refractivity contribution is -0.146. The lowest BCUT2D eigenvalue weighted by Gasteiger charge is -2.22. The summed E-state index contributed by atoms with van der Waals surface area (Å²) in [6.45, 7) is 4.60. The van der Waals surface area contributed by atoms with Gasteiger partial charge in [-0.25, -0.2) is 4.79 Å². The molecule has 178 valence electrons. The second-order valence-electron chi connectivity index (χ2n) is 8.64. The van der Waals surface area contributed by atoms with Crippen LogP contribution in [-0.4, -0.2) is 43.0 Å². The lowest BCUT2D eigenvalue weighted by atomic mass is 9.98. The first-order chi connectivity index (χ1) is 16.0. The summed E-state index contributed by atoms with van der Waals surface area (Å²) in [4.78, 5) is 23.7. The Bertz CT molecular complexity index is 883. The number of carbonyl (C=O) groups is 2. The Labute approximate surface area is 196 Å². The highest BCUT2D eigenvalue weighted by molar-refractivity contribution is 5.79. The van der Waals surface area contributed by atoms with E-state index in [2.05, 4.69) is 36.5 Å². The normalized spacial score (nSPS) is 14.2. The molecule has 0 heterocycles. The van der Waals surface area contributed by atoms with E-state index in [0.717, 1.165) is 25.7 Å². The molecule has 1 aliphatic carbocycles. The largest absolute Gasteiger partial charge is 0.481 e. The summed E-state index contributed by atoms with van der Waals surface area (Å²) in [6.07, 6.45) is 4.13. The Balaban J connectivity index is 1.44. The topological polar surface area (TPSA) is 84.9 Å². The second kappa shape index (κ2) is 12.4. The first-order valence-corrected chi connectivity index (χ1v) is 12.0. The van der Waals surface area contributed by atoms with Crippen molar-refractivity contribution in [3.63, 3.8) is 0 Å². The first-order valence-electron chi connectivity index (χ1n) is 12.0. The Morgan fingerprint density at radius 3 is 2.24 bits per heavy atom. The molecule has 2 atom stereocenters. The van der Waals surface area contributed by atoms with Crippen LogP contribution in [0.2, 0.25) is 0 Å². The van der Waals surface area contributed by atoms with Crippen molar-refractivity contribution in [2.45, 2.75) is 58.0 Å². The number of aliphatic carboxylic acids is 1. The molecule has 0 aromatic heterocycles. The van der Waals surface area contributed by atoms with Gasteiger partial charge in [0.15, 0.2) is 0 Å². The maximum atomic E-state index is 12.3. The van der Waals surface area contributed by atoms with E-state index in [1.807, 2.05) is 24.3 Å². The van der Waals surface area contributed by atoms with E-state index < -0.39 is 18.0 Å². The van der Waals surface area contributed by atoms with Crippen LogP contribution < -0.4 is 5.32 Å². The molecule has 0 aliphatic heterocycles. The molecule has 1 aliphatic rings. The van der Waals surface area contributed by atoms with E-state index in [1.165, 1.54) is 22.3 Å². The van der Waals surface area contributed by atoms with Gasteiger partial charge in [0.1, 0.15) is 6.61 Å². The van der Waals surface area contributed by atoms with Crippen molar-refractivity contribution in [3.05, 3.63) is 59.7 Å². The van der Waals surface area contributed by atoms with E-state index in [0.29, 0.717) is 6.42 Å². The standard InChI is InChI=1S/C27H35NO5/c1-3-4-5-6-15-25(19(2)26(29)30)32-17-16-28-27(31)33-18-24-22-13-9-7-11-20(22)21-12-8-10-14-23(21)24/h7-14,19,24-25H,3-6,15-18H2,1-2H3,(H,28,31)(H,29,30). The van der Waals surface area contributed by atoms with Crippen LogP contribution in [0.4, 0.5) is 4.79 Å². The number of amides is 1. The summed E-state index contributed by atoms with van der Waals surface area (Å²) in [7, 11) is 0. The Kier molecular flexibility index (Phi) is 9.31. The zero-order valence-electron chi connectivity index (χ0n) is 19.6. The van der Waals surface area contributed by atoms with Crippen molar-refractivity contribution in [1.82, 2.24) is 5.32 Å². The first kappa shape index (κ1) is 24.8. The molecule has 0 saturated carbocycles. The average Bonchev–Trinajstić information content (AvgIpc) is 3.15. The molecule has 2 aromatic carbocycles. The van der Waals surface area contributed by atoms with Gasteiger partial charge in [-0.15, -0.1) is 0 Å². The second-order valence-corrected chi connectivity index (χ2v) is 8.64. The molecule has 2 aromatic rings. The van der Waals surface area contributed by atoms with E-state index in [4.69, 9.17) is 9.47 Å². The van der Waals surface area contributed by atoms with Crippen LogP contribution in [0.15, 0.2) is 48.5 Å². The van der Waals surface area contributed by atoms with Gasteiger partial charge >= 0.3 is 12.1 Å². The zero-order valence-corrected chi connectivity index (χ0v) is 19.6. The zero-order chi connectivity index (χ0) is 23.6. The molecule has 33 heavy (non-hydrogen) atoms. The van der Waals surface area contributed by atoms with Crippen LogP contribution in [0.5, 0.6) is 0 Å². The van der Waals surface area contributed by atoms with Gasteiger partial charge in [-0.2, -0.15) is 0 Å². The third-order valence-corrected chi connectivity index (χ3v) is 6.34. The molecule has 2 N–H and O–H groups in total. The highest BCUT2D eigenvalue weighted by atomic mass is 16.5. The molecule has 1 amide bonds. The predicted molar refractivity (Wildman–Crippen MR) is 128 cm³/mol. The summed E-state index contributed by atoms with van der Waals surface area (Å²) >= 11 is 0. The van der Waals surface area contributed by atoms with Crippen LogP contribution >= 0.6 is 0 Å². The van der Waals surface area contributed by atoms with Gasteiger partial charge in [-0.1, -0.05) is 81.1 Å². The summed E-state index contributed by atoms with van der Waals surface area (Å²) in [6, 6.07) is 16.4. The fourth-order valence-corrected chi connectivity index (χ4v) is 4.42.